The third-order valence-electron chi connectivity index (χ3n) is 6.80. The van der Waals surface area contributed by atoms with Crippen molar-refractivity contribution >= 4 is 64.0 Å². The fourth-order valence-electron chi connectivity index (χ4n) is 4.89. The molecule has 3 rings (SSSR count). The van der Waals surface area contributed by atoms with Crippen LogP contribution >= 0.6 is 46.4 Å². The molecule has 0 saturated heterocycles. The topological polar surface area (TPSA) is 74.3 Å². The molecule has 0 heterocycles. The van der Waals surface area contributed by atoms with Crippen molar-refractivity contribution < 1.29 is 28.5 Å². The second kappa shape index (κ2) is 15.8. The van der Waals surface area contributed by atoms with Gasteiger partial charge >= 0.3 is 11.9 Å². The molecule has 2 atom stereocenters. The second-order valence-corrected chi connectivity index (χ2v) is 11.4. The van der Waals surface area contributed by atoms with E-state index < -0.39 is 24.4 Å². The van der Waals surface area contributed by atoms with Crippen molar-refractivity contribution in [3.63, 3.8) is 0 Å². The highest BCUT2D eigenvalue weighted by Crippen LogP contribution is 2.37. The summed E-state index contributed by atoms with van der Waals surface area (Å²) >= 11 is 25.2. The Morgan fingerprint density at radius 3 is 1.51 bits per heavy atom. The molecule has 11 heteroatoms. The van der Waals surface area contributed by atoms with Crippen LogP contribution in [0.3, 0.4) is 0 Å². The SMILES string of the molecule is CCCc1ccc(N(C(C)OC(=O)c2c(Cl)ccc(Cl)c2OC)C(C)OC(=O)c2c(Cl)ccc(Cl)c2OC)cc1CCC. The number of rotatable bonds is 13. The van der Waals surface area contributed by atoms with Crippen LogP contribution in [0.15, 0.2) is 42.5 Å². The fourth-order valence-corrected chi connectivity index (χ4v) is 5.81. The van der Waals surface area contributed by atoms with Crippen LogP contribution in [-0.4, -0.2) is 38.6 Å². The van der Waals surface area contributed by atoms with E-state index in [0.29, 0.717) is 5.69 Å². The number of halogens is 4. The van der Waals surface area contributed by atoms with E-state index in [9.17, 15) is 9.59 Å². The van der Waals surface area contributed by atoms with Gasteiger partial charge in [-0.2, -0.15) is 0 Å². The van der Waals surface area contributed by atoms with Gasteiger partial charge in [-0.15, -0.1) is 0 Å². The Labute approximate surface area is 272 Å². The number of esters is 2. The average Bonchev–Trinajstić information content (AvgIpc) is 2.96. The molecule has 0 fully saturated rings. The molecule has 0 radical (unpaired) electrons. The maximum absolute atomic E-state index is 13.5. The van der Waals surface area contributed by atoms with Crippen LogP contribution in [0.25, 0.3) is 0 Å². The minimum absolute atomic E-state index is 0.0199. The van der Waals surface area contributed by atoms with Gasteiger partial charge in [-0.25, -0.2) is 9.59 Å². The van der Waals surface area contributed by atoms with Crippen LogP contribution in [0, 0.1) is 0 Å². The predicted octanol–water partition coefficient (Wildman–Crippen LogP) is 9.43. The molecule has 2 unspecified atom stereocenters. The van der Waals surface area contributed by atoms with Crippen LogP contribution in [-0.2, 0) is 22.3 Å². The quantitative estimate of drug-likeness (QED) is 0.132. The Kier molecular flexibility index (Phi) is 12.7. The van der Waals surface area contributed by atoms with Crippen LogP contribution in [0.4, 0.5) is 5.69 Å². The van der Waals surface area contributed by atoms with Gasteiger partial charge in [0.15, 0.2) is 24.0 Å². The number of anilines is 1. The van der Waals surface area contributed by atoms with Gasteiger partial charge < -0.3 is 23.8 Å². The van der Waals surface area contributed by atoms with Gasteiger partial charge in [0.25, 0.3) is 0 Å². The summed E-state index contributed by atoms with van der Waals surface area (Å²) in [5, 5.41) is 0.630. The van der Waals surface area contributed by atoms with E-state index in [1.807, 2.05) is 18.2 Å². The minimum Gasteiger partial charge on any atom is -0.494 e. The summed E-state index contributed by atoms with van der Waals surface area (Å²) in [4.78, 5) is 28.6. The summed E-state index contributed by atoms with van der Waals surface area (Å²) in [6.45, 7) is 7.57. The standard InChI is InChI=1S/C32H35Cl4NO6/c1-7-9-20-11-12-22(17-21(20)10-8-2)37(18(3)42-31(38)27-23(33)13-15-25(35)29(27)40-5)19(4)43-32(39)28-24(34)14-16-26(36)30(28)41-6/h11-19H,7-10H2,1-6H3. The largest absolute Gasteiger partial charge is 0.494 e. The summed E-state index contributed by atoms with van der Waals surface area (Å²) in [5.74, 6) is -1.35. The molecular formula is C32H35Cl4NO6. The van der Waals surface area contributed by atoms with Gasteiger partial charge in [-0.1, -0.05) is 79.2 Å². The Bertz CT molecular complexity index is 1380. The molecule has 0 bridgehead atoms. The second-order valence-electron chi connectivity index (χ2n) is 9.74. The molecule has 0 aromatic heterocycles. The summed E-state index contributed by atoms with van der Waals surface area (Å²) in [5.41, 5.74) is 3.02. The van der Waals surface area contributed by atoms with E-state index in [0.717, 1.165) is 31.2 Å². The van der Waals surface area contributed by atoms with E-state index in [1.165, 1.54) is 44.0 Å². The number of nitrogens with zero attached hydrogens (tertiary/aromatic N) is 1. The number of benzene rings is 3. The molecule has 0 aliphatic carbocycles. The van der Waals surface area contributed by atoms with E-state index in [2.05, 4.69) is 13.8 Å². The number of carbonyl (C=O) groups excluding carboxylic acids is 2. The lowest BCUT2D eigenvalue weighted by Crippen LogP contribution is -2.45. The first-order chi connectivity index (χ1) is 20.5. The summed E-state index contributed by atoms with van der Waals surface area (Å²) in [7, 11) is 2.77. The van der Waals surface area contributed by atoms with Gasteiger partial charge in [0.05, 0.1) is 34.3 Å². The Hall–Kier alpha value is -2.84. The number of hydrogen-bond acceptors (Lipinski definition) is 7. The maximum atomic E-state index is 13.5. The van der Waals surface area contributed by atoms with Crippen LogP contribution < -0.4 is 14.4 Å². The fraction of sp³-hybridized carbons (Fsp3) is 0.375. The lowest BCUT2D eigenvalue weighted by molar-refractivity contribution is 0.00875. The van der Waals surface area contributed by atoms with Crippen LogP contribution in [0.5, 0.6) is 11.5 Å². The minimum atomic E-state index is -0.946. The third-order valence-corrected chi connectivity index (χ3v) is 8.02. The lowest BCUT2D eigenvalue weighted by Gasteiger charge is -2.36. The van der Waals surface area contributed by atoms with Crippen molar-refractivity contribution in [1.82, 2.24) is 0 Å². The highest BCUT2D eigenvalue weighted by atomic mass is 35.5. The molecule has 3 aromatic rings. The highest BCUT2D eigenvalue weighted by Gasteiger charge is 2.31. The first-order valence-electron chi connectivity index (χ1n) is 13.8. The number of aryl methyl sites for hydroxylation is 2. The van der Waals surface area contributed by atoms with Crippen molar-refractivity contribution in [3.8, 4) is 11.5 Å². The normalized spacial score (nSPS) is 12.3. The molecule has 0 aliphatic heterocycles. The Morgan fingerprint density at radius 1 is 0.674 bits per heavy atom. The zero-order valence-corrected chi connectivity index (χ0v) is 28.0. The van der Waals surface area contributed by atoms with Crippen LogP contribution in [0.1, 0.15) is 72.4 Å². The monoisotopic (exact) mass is 669 g/mol. The van der Waals surface area contributed by atoms with E-state index in [-0.39, 0.29) is 42.7 Å². The van der Waals surface area contributed by atoms with Crippen molar-refractivity contribution in [3.05, 3.63) is 84.8 Å². The number of hydrogen-bond donors (Lipinski definition) is 0. The highest BCUT2D eigenvalue weighted by molar-refractivity contribution is 6.37. The van der Waals surface area contributed by atoms with Gasteiger partial charge in [0.1, 0.15) is 11.1 Å². The van der Waals surface area contributed by atoms with Gasteiger partial charge in [-0.05, 0) is 74.2 Å². The zero-order chi connectivity index (χ0) is 31.8. The molecule has 43 heavy (non-hydrogen) atoms. The summed E-state index contributed by atoms with van der Waals surface area (Å²) < 4.78 is 22.5. The molecule has 232 valence electrons. The van der Waals surface area contributed by atoms with Gasteiger partial charge in [0.2, 0.25) is 0 Å². The number of ether oxygens (including phenoxy) is 4. The first-order valence-corrected chi connectivity index (χ1v) is 15.4. The first kappa shape index (κ1) is 34.6. The van der Waals surface area contributed by atoms with Crippen molar-refractivity contribution in [2.24, 2.45) is 0 Å². The molecule has 0 saturated carbocycles. The van der Waals surface area contributed by atoms with E-state index >= 15 is 0 Å². The van der Waals surface area contributed by atoms with E-state index in [4.69, 9.17) is 65.4 Å². The maximum Gasteiger partial charge on any atom is 0.345 e. The molecule has 3 aromatic carbocycles. The molecule has 0 N–H and O–H groups in total. The molecule has 0 aliphatic rings. The number of carbonyl (C=O) groups is 2. The average molecular weight is 671 g/mol. The third kappa shape index (κ3) is 8.01. The summed E-state index contributed by atoms with van der Waals surface area (Å²) in [6.07, 6.45) is 1.81. The predicted molar refractivity (Wildman–Crippen MR) is 173 cm³/mol. The van der Waals surface area contributed by atoms with E-state index in [1.54, 1.807) is 18.7 Å². The van der Waals surface area contributed by atoms with Crippen molar-refractivity contribution in [1.29, 1.82) is 0 Å². The molecule has 7 nitrogen and oxygen atoms in total. The molecule has 0 spiro atoms. The van der Waals surface area contributed by atoms with Crippen LogP contribution in [0.2, 0.25) is 20.1 Å². The zero-order valence-electron chi connectivity index (χ0n) is 24.9. The van der Waals surface area contributed by atoms with Gasteiger partial charge in [0, 0.05) is 5.69 Å². The molecular weight excluding hydrogens is 636 g/mol. The van der Waals surface area contributed by atoms with Crippen molar-refractivity contribution in [2.75, 3.05) is 19.1 Å². The van der Waals surface area contributed by atoms with Gasteiger partial charge in [-0.3, -0.25) is 0 Å². The Balaban J connectivity index is 2.05. The number of methoxy groups -OCH3 is 2. The van der Waals surface area contributed by atoms with Crippen molar-refractivity contribution in [2.45, 2.75) is 65.8 Å². The lowest BCUT2D eigenvalue weighted by atomic mass is 9.98. The Morgan fingerprint density at radius 2 is 1.09 bits per heavy atom. The summed E-state index contributed by atoms with van der Waals surface area (Å²) in [6, 6.07) is 12.0. The smallest absolute Gasteiger partial charge is 0.345 e. The molecule has 0 amide bonds.